The molecule has 0 saturated heterocycles. The zero-order valence-electron chi connectivity index (χ0n) is 7.44. The van der Waals surface area contributed by atoms with Gasteiger partial charge in [-0.25, -0.2) is 4.98 Å². The lowest BCUT2D eigenvalue weighted by molar-refractivity contribution is 1.06. The first kappa shape index (κ1) is 8.45. The van der Waals surface area contributed by atoms with Crippen LogP contribution < -0.4 is 0 Å². The number of rotatable bonds is 2. The SMILES string of the molecule is N#CCc1ncc(-c2ccncc2)[nH]1. The van der Waals surface area contributed by atoms with Crippen LogP contribution in [-0.4, -0.2) is 15.0 Å². The van der Waals surface area contributed by atoms with Crippen LogP contribution in [0.25, 0.3) is 11.3 Å². The fourth-order valence-electron chi connectivity index (χ4n) is 1.21. The minimum Gasteiger partial charge on any atom is -0.341 e. The van der Waals surface area contributed by atoms with Gasteiger partial charge in [-0.15, -0.1) is 0 Å². The van der Waals surface area contributed by atoms with Gasteiger partial charge in [0.2, 0.25) is 0 Å². The van der Waals surface area contributed by atoms with Gasteiger partial charge in [-0.2, -0.15) is 5.26 Å². The van der Waals surface area contributed by atoms with Crippen molar-refractivity contribution in [3.05, 3.63) is 36.5 Å². The standard InChI is InChI=1S/C10H8N4/c11-4-1-10-13-7-9(14-10)8-2-5-12-6-3-8/h2-3,5-7H,1H2,(H,13,14). The number of pyridine rings is 1. The zero-order valence-corrected chi connectivity index (χ0v) is 7.44. The van der Waals surface area contributed by atoms with Gasteiger partial charge in [0.1, 0.15) is 5.82 Å². The van der Waals surface area contributed by atoms with Crippen LogP contribution in [-0.2, 0) is 6.42 Å². The summed E-state index contributed by atoms with van der Waals surface area (Å²) in [5, 5.41) is 8.48. The summed E-state index contributed by atoms with van der Waals surface area (Å²) in [6, 6.07) is 5.83. The molecule has 0 aliphatic carbocycles. The molecule has 0 radical (unpaired) electrons. The lowest BCUT2D eigenvalue weighted by atomic mass is 10.2. The molecule has 1 N–H and O–H groups in total. The quantitative estimate of drug-likeness (QED) is 0.769. The zero-order chi connectivity index (χ0) is 9.80. The molecular weight excluding hydrogens is 176 g/mol. The second-order valence-electron chi connectivity index (χ2n) is 2.81. The number of aromatic nitrogens is 3. The van der Waals surface area contributed by atoms with Gasteiger partial charge in [-0.05, 0) is 12.1 Å². The highest BCUT2D eigenvalue weighted by molar-refractivity contribution is 5.57. The minimum atomic E-state index is 0.311. The van der Waals surface area contributed by atoms with Crippen molar-refractivity contribution in [2.24, 2.45) is 0 Å². The number of hydrogen-bond acceptors (Lipinski definition) is 3. The first-order chi connectivity index (χ1) is 6.90. The summed E-state index contributed by atoms with van der Waals surface area (Å²) >= 11 is 0. The predicted molar refractivity (Wildman–Crippen MR) is 51.1 cm³/mol. The number of nitrogens with zero attached hydrogens (tertiary/aromatic N) is 3. The van der Waals surface area contributed by atoms with E-state index in [0.29, 0.717) is 12.2 Å². The van der Waals surface area contributed by atoms with E-state index in [1.54, 1.807) is 18.6 Å². The third-order valence-electron chi connectivity index (χ3n) is 1.87. The summed E-state index contributed by atoms with van der Waals surface area (Å²) in [6.07, 6.45) is 5.48. The van der Waals surface area contributed by atoms with Crippen molar-refractivity contribution in [3.63, 3.8) is 0 Å². The Morgan fingerprint density at radius 1 is 1.36 bits per heavy atom. The van der Waals surface area contributed by atoms with Crippen LogP contribution in [0.15, 0.2) is 30.7 Å². The van der Waals surface area contributed by atoms with Crippen molar-refractivity contribution < 1.29 is 0 Å². The average molecular weight is 184 g/mol. The summed E-state index contributed by atoms with van der Waals surface area (Å²) in [6.45, 7) is 0. The average Bonchev–Trinajstić information content (AvgIpc) is 2.68. The van der Waals surface area contributed by atoms with E-state index in [1.807, 2.05) is 18.2 Å². The molecule has 2 heterocycles. The Balaban J connectivity index is 2.31. The Morgan fingerprint density at radius 2 is 2.14 bits per heavy atom. The highest BCUT2D eigenvalue weighted by atomic mass is 14.9. The number of imidazole rings is 1. The van der Waals surface area contributed by atoms with Crippen LogP contribution in [0, 0.1) is 11.3 Å². The molecule has 0 atom stereocenters. The normalized spacial score (nSPS) is 9.64. The summed E-state index contributed by atoms with van der Waals surface area (Å²) in [7, 11) is 0. The molecule has 4 nitrogen and oxygen atoms in total. The largest absolute Gasteiger partial charge is 0.341 e. The minimum absolute atomic E-state index is 0.311. The number of H-pyrrole nitrogens is 1. The number of hydrogen-bond donors (Lipinski definition) is 1. The molecule has 0 bridgehead atoms. The first-order valence-corrected chi connectivity index (χ1v) is 4.21. The van der Waals surface area contributed by atoms with E-state index in [0.717, 1.165) is 11.3 Å². The van der Waals surface area contributed by atoms with Crippen LogP contribution >= 0.6 is 0 Å². The highest BCUT2D eigenvalue weighted by Gasteiger charge is 2.01. The van der Waals surface area contributed by atoms with Crippen LogP contribution in [0.3, 0.4) is 0 Å². The third kappa shape index (κ3) is 1.62. The van der Waals surface area contributed by atoms with E-state index in [-0.39, 0.29) is 0 Å². The van der Waals surface area contributed by atoms with E-state index in [4.69, 9.17) is 5.26 Å². The molecule has 2 aromatic rings. The summed E-state index contributed by atoms with van der Waals surface area (Å²) < 4.78 is 0. The second kappa shape index (κ2) is 3.71. The maximum Gasteiger partial charge on any atom is 0.120 e. The first-order valence-electron chi connectivity index (χ1n) is 4.21. The Morgan fingerprint density at radius 3 is 2.86 bits per heavy atom. The van der Waals surface area contributed by atoms with Crippen LogP contribution in [0.4, 0.5) is 0 Å². The van der Waals surface area contributed by atoms with Crippen LogP contribution in [0.2, 0.25) is 0 Å². The lowest BCUT2D eigenvalue weighted by Gasteiger charge is -1.94. The van der Waals surface area contributed by atoms with Crippen molar-refractivity contribution in [1.29, 1.82) is 5.26 Å². The molecule has 0 aliphatic heterocycles. The van der Waals surface area contributed by atoms with Gasteiger partial charge >= 0.3 is 0 Å². The van der Waals surface area contributed by atoms with Crippen LogP contribution in [0.1, 0.15) is 5.82 Å². The van der Waals surface area contributed by atoms with Gasteiger partial charge in [-0.3, -0.25) is 4.98 Å². The molecule has 2 aromatic heterocycles. The fourth-order valence-corrected chi connectivity index (χ4v) is 1.21. The second-order valence-corrected chi connectivity index (χ2v) is 2.81. The third-order valence-corrected chi connectivity index (χ3v) is 1.87. The Hall–Kier alpha value is -2.15. The number of nitrogens with one attached hydrogen (secondary N) is 1. The summed E-state index contributed by atoms with van der Waals surface area (Å²) in [5.74, 6) is 0.694. The van der Waals surface area contributed by atoms with Gasteiger partial charge < -0.3 is 4.98 Å². The number of aromatic amines is 1. The van der Waals surface area contributed by atoms with E-state index in [1.165, 1.54) is 0 Å². The molecule has 0 saturated carbocycles. The Kier molecular flexibility index (Phi) is 2.24. The monoisotopic (exact) mass is 184 g/mol. The molecule has 0 aromatic carbocycles. The molecule has 0 aliphatic rings. The molecule has 0 fully saturated rings. The lowest BCUT2D eigenvalue weighted by Crippen LogP contribution is -1.83. The van der Waals surface area contributed by atoms with Gasteiger partial charge in [0.05, 0.1) is 24.4 Å². The predicted octanol–water partition coefficient (Wildman–Crippen LogP) is 1.54. The van der Waals surface area contributed by atoms with Crippen molar-refractivity contribution in [1.82, 2.24) is 15.0 Å². The molecule has 14 heavy (non-hydrogen) atoms. The fraction of sp³-hybridized carbons (Fsp3) is 0.100. The molecule has 4 heteroatoms. The van der Waals surface area contributed by atoms with Crippen molar-refractivity contribution >= 4 is 0 Å². The van der Waals surface area contributed by atoms with Crippen molar-refractivity contribution in [2.75, 3.05) is 0 Å². The molecule has 0 spiro atoms. The summed E-state index contributed by atoms with van der Waals surface area (Å²) in [4.78, 5) is 11.1. The molecule has 0 amide bonds. The molecule has 0 unspecified atom stereocenters. The maximum absolute atomic E-state index is 8.48. The summed E-state index contributed by atoms with van der Waals surface area (Å²) in [5.41, 5.74) is 1.94. The number of nitriles is 1. The van der Waals surface area contributed by atoms with E-state index >= 15 is 0 Å². The van der Waals surface area contributed by atoms with Gasteiger partial charge in [0.25, 0.3) is 0 Å². The van der Waals surface area contributed by atoms with E-state index in [9.17, 15) is 0 Å². The van der Waals surface area contributed by atoms with Crippen molar-refractivity contribution in [3.8, 4) is 17.3 Å². The topological polar surface area (TPSA) is 65.4 Å². The maximum atomic E-state index is 8.48. The van der Waals surface area contributed by atoms with Gasteiger partial charge in [0.15, 0.2) is 0 Å². The van der Waals surface area contributed by atoms with E-state index < -0.39 is 0 Å². The van der Waals surface area contributed by atoms with Crippen molar-refractivity contribution in [2.45, 2.75) is 6.42 Å². The Bertz CT molecular complexity index is 452. The van der Waals surface area contributed by atoms with Crippen LogP contribution in [0.5, 0.6) is 0 Å². The molecule has 2 rings (SSSR count). The van der Waals surface area contributed by atoms with Gasteiger partial charge in [0, 0.05) is 18.0 Å². The molecule has 68 valence electrons. The van der Waals surface area contributed by atoms with E-state index in [2.05, 4.69) is 15.0 Å². The Labute approximate surface area is 81.3 Å². The smallest absolute Gasteiger partial charge is 0.120 e. The highest BCUT2D eigenvalue weighted by Crippen LogP contribution is 2.15. The molecular formula is C10H8N4. The van der Waals surface area contributed by atoms with Gasteiger partial charge in [-0.1, -0.05) is 0 Å².